The Kier molecular flexibility index (Phi) is 9.06. The van der Waals surface area contributed by atoms with Crippen molar-refractivity contribution in [2.24, 2.45) is 15.8 Å². The molecule has 1 aliphatic rings. The summed E-state index contributed by atoms with van der Waals surface area (Å²) in [5.41, 5.74) is 0.554. The lowest BCUT2D eigenvalue weighted by Gasteiger charge is -2.30. The fourth-order valence-corrected chi connectivity index (χ4v) is 3.77. The van der Waals surface area contributed by atoms with Gasteiger partial charge in [-0.25, -0.2) is 0 Å². The van der Waals surface area contributed by atoms with Gasteiger partial charge in [0.2, 0.25) is 0 Å². The van der Waals surface area contributed by atoms with Crippen LogP contribution < -0.4 is 10.6 Å². The summed E-state index contributed by atoms with van der Waals surface area (Å²) in [5, 5.41) is 7.01. The molecule has 5 heteroatoms. The average molecular weight is 341 g/mol. The van der Waals surface area contributed by atoms with E-state index in [1.165, 1.54) is 25.7 Å². The lowest BCUT2D eigenvalue weighted by atomic mass is 9.83. The van der Waals surface area contributed by atoms with Crippen LogP contribution >= 0.6 is 0 Å². The quantitative estimate of drug-likeness (QED) is 0.474. The number of hydrogen-bond acceptors (Lipinski definition) is 3. The van der Waals surface area contributed by atoms with Crippen molar-refractivity contribution in [3.8, 4) is 0 Å². The Morgan fingerprint density at radius 1 is 1.21 bits per heavy atom. The van der Waals surface area contributed by atoms with Crippen LogP contribution in [0.3, 0.4) is 0 Å². The van der Waals surface area contributed by atoms with E-state index in [9.17, 15) is 0 Å². The first kappa shape index (κ1) is 21.2. The summed E-state index contributed by atoms with van der Waals surface area (Å²) < 4.78 is 5.33. The first-order valence-corrected chi connectivity index (χ1v) is 9.48. The van der Waals surface area contributed by atoms with E-state index in [0.29, 0.717) is 5.41 Å². The zero-order valence-corrected chi connectivity index (χ0v) is 16.9. The molecular weight excluding hydrogens is 300 g/mol. The zero-order valence-electron chi connectivity index (χ0n) is 16.9. The highest BCUT2D eigenvalue weighted by atomic mass is 16.5. The van der Waals surface area contributed by atoms with Gasteiger partial charge in [-0.2, -0.15) is 0 Å². The van der Waals surface area contributed by atoms with Crippen molar-refractivity contribution in [1.29, 1.82) is 0 Å². The predicted octanol–water partition coefficient (Wildman–Crippen LogP) is 2.73. The summed E-state index contributed by atoms with van der Waals surface area (Å²) in [6.07, 6.45) is 6.43. The molecule has 0 aliphatic heterocycles. The summed E-state index contributed by atoms with van der Waals surface area (Å²) >= 11 is 0. The normalized spacial score (nSPS) is 18.2. The minimum Gasteiger partial charge on any atom is -0.385 e. The molecule has 0 amide bonds. The molecule has 2 N–H and O–H groups in total. The van der Waals surface area contributed by atoms with Crippen LogP contribution in [0.1, 0.15) is 52.9 Å². The number of ether oxygens (including phenoxy) is 1. The predicted molar refractivity (Wildman–Crippen MR) is 104 cm³/mol. The third kappa shape index (κ3) is 7.84. The topological polar surface area (TPSA) is 48.9 Å². The second-order valence-corrected chi connectivity index (χ2v) is 8.40. The number of nitrogens with one attached hydrogen (secondary N) is 2. The van der Waals surface area contributed by atoms with Gasteiger partial charge >= 0.3 is 0 Å². The van der Waals surface area contributed by atoms with Crippen molar-refractivity contribution in [1.82, 2.24) is 15.5 Å². The molecule has 1 aliphatic carbocycles. The summed E-state index contributed by atoms with van der Waals surface area (Å²) in [6, 6.07) is 0. The minimum atomic E-state index is 0.174. The Bertz CT molecular complexity index is 374. The second kappa shape index (κ2) is 10.2. The molecule has 0 bridgehead atoms. The number of hydrogen-bond donors (Lipinski definition) is 2. The Morgan fingerprint density at radius 3 is 2.42 bits per heavy atom. The number of rotatable bonds is 10. The summed E-state index contributed by atoms with van der Waals surface area (Å²) in [7, 11) is 6.04. The van der Waals surface area contributed by atoms with Crippen LogP contribution in [-0.4, -0.2) is 64.9 Å². The van der Waals surface area contributed by atoms with Crippen molar-refractivity contribution in [2.45, 2.75) is 52.9 Å². The van der Waals surface area contributed by atoms with Crippen molar-refractivity contribution in [3.05, 3.63) is 0 Å². The van der Waals surface area contributed by atoms with Gasteiger partial charge < -0.3 is 20.3 Å². The number of aliphatic imine (C=N–C) groups is 1. The van der Waals surface area contributed by atoms with Crippen molar-refractivity contribution < 1.29 is 4.74 Å². The fraction of sp³-hybridized carbons (Fsp3) is 0.947. The lowest BCUT2D eigenvalue weighted by Crippen LogP contribution is -2.44. The molecule has 0 spiro atoms. The highest BCUT2D eigenvalue weighted by molar-refractivity contribution is 5.79. The third-order valence-corrected chi connectivity index (χ3v) is 4.89. The highest BCUT2D eigenvalue weighted by Gasteiger charge is 2.33. The van der Waals surface area contributed by atoms with Crippen LogP contribution in [0.2, 0.25) is 0 Å². The molecule has 142 valence electrons. The molecule has 0 aromatic carbocycles. The number of methoxy groups -OCH3 is 1. The maximum absolute atomic E-state index is 5.33. The summed E-state index contributed by atoms with van der Waals surface area (Å²) in [5.74, 6) is 0.952. The molecule has 5 nitrogen and oxygen atoms in total. The molecule has 1 rings (SSSR count). The molecule has 0 saturated heterocycles. The summed E-state index contributed by atoms with van der Waals surface area (Å²) in [6.45, 7) is 11.3. The van der Waals surface area contributed by atoms with Crippen LogP contribution in [0, 0.1) is 10.8 Å². The molecule has 1 saturated carbocycles. The monoisotopic (exact) mass is 340 g/mol. The summed E-state index contributed by atoms with van der Waals surface area (Å²) in [4.78, 5) is 7.08. The van der Waals surface area contributed by atoms with Gasteiger partial charge in [-0.3, -0.25) is 4.99 Å². The van der Waals surface area contributed by atoms with Gasteiger partial charge in [0.25, 0.3) is 0 Å². The van der Waals surface area contributed by atoms with Gasteiger partial charge in [-0.1, -0.05) is 26.7 Å². The molecule has 0 aromatic heterocycles. The van der Waals surface area contributed by atoms with Crippen molar-refractivity contribution in [3.63, 3.8) is 0 Å². The third-order valence-electron chi connectivity index (χ3n) is 4.89. The molecular formula is C19H40N4O. The lowest BCUT2D eigenvalue weighted by molar-refractivity contribution is 0.138. The minimum absolute atomic E-state index is 0.174. The Hall–Kier alpha value is -0.810. The molecule has 0 aromatic rings. The molecule has 0 atom stereocenters. The smallest absolute Gasteiger partial charge is 0.191 e. The van der Waals surface area contributed by atoms with E-state index in [0.717, 1.165) is 45.2 Å². The van der Waals surface area contributed by atoms with Gasteiger partial charge in [0.05, 0.1) is 0 Å². The first-order chi connectivity index (χ1) is 11.3. The number of guanidine groups is 1. The second-order valence-electron chi connectivity index (χ2n) is 8.40. The van der Waals surface area contributed by atoms with E-state index >= 15 is 0 Å². The van der Waals surface area contributed by atoms with Gasteiger partial charge in [0.1, 0.15) is 0 Å². The largest absolute Gasteiger partial charge is 0.385 e. The Balaban J connectivity index is 2.62. The molecule has 24 heavy (non-hydrogen) atoms. The van der Waals surface area contributed by atoms with Crippen molar-refractivity contribution >= 4 is 5.96 Å². The van der Waals surface area contributed by atoms with E-state index < -0.39 is 0 Å². The van der Waals surface area contributed by atoms with Gasteiger partial charge in [0.15, 0.2) is 5.96 Å². The average Bonchev–Trinajstić information content (AvgIpc) is 2.96. The molecule has 0 unspecified atom stereocenters. The van der Waals surface area contributed by atoms with Crippen molar-refractivity contribution in [2.75, 3.05) is 54.0 Å². The zero-order chi connectivity index (χ0) is 18.1. The first-order valence-electron chi connectivity index (χ1n) is 9.48. The van der Waals surface area contributed by atoms with Crippen LogP contribution in [0.5, 0.6) is 0 Å². The van der Waals surface area contributed by atoms with Crippen LogP contribution in [-0.2, 0) is 4.74 Å². The van der Waals surface area contributed by atoms with E-state index in [2.05, 4.69) is 50.4 Å². The Morgan fingerprint density at radius 2 is 1.88 bits per heavy atom. The number of nitrogens with zero attached hydrogens (tertiary/aromatic N) is 2. The van der Waals surface area contributed by atoms with E-state index in [1.54, 1.807) is 7.11 Å². The fourth-order valence-electron chi connectivity index (χ4n) is 3.77. The van der Waals surface area contributed by atoms with Gasteiger partial charge in [-0.15, -0.1) is 0 Å². The molecule has 1 fully saturated rings. The van der Waals surface area contributed by atoms with Crippen LogP contribution in [0.15, 0.2) is 4.99 Å². The SMILES string of the molecule is CCNC(=NCC(C)(C)CN(C)C)NCC1(CCOC)CCCC1. The molecule has 0 heterocycles. The highest BCUT2D eigenvalue weighted by Crippen LogP contribution is 2.40. The van der Waals surface area contributed by atoms with E-state index in [-0.39, 0.29) is 5.41 Å². The Labute approximate surface area is 149 Å². The van der Waals surface area contributed by atoms with E-state index in [4.69, 9.17) is 9.73 Å². The van der Waals surface area contributed by atoms with Gasteiger partial charge in [0, 0.05) is 39.9 Å². The standard InChI is InChI=1S/C19H40N4O/c1-7-20-17(21-14-18(2,3)16-23(4)5)22-15-19(12-13-24-6)10-8-9-11-19/h7-16H2,1-6H3,(H2,20,21,22). The maximum Gasteiger partial charge on any atom is 0.191 e. The van der Waals surface area contributed by atoms with Gasteiger partial charge in [-0.05, 0) is 51.1 Å². The van der Waals surface area contributed by atoms with Crippen LogP contribution in [0.25, 0.3) is 0 Å². The van der Waals surface area contributed by atoms with Crippen LogP contribution in [0.4, 0.5) is 0 Å². The van der Waals surface area contributed by atoms with E-state index in [1.807, 2.05) is 0 Å². The molecule has 0 radical (unpaired) electrons. The maximum atomic E-state index is 5.33.